The summed E-state index contributed by atoms with van der Waals surface area (Å²) in [5, 5.41) is -0.311. The third-order valence-corrected chi connectivity index (χ3v) is 4.35. The predicted molar refractivity (Wildman–Crippen MR) is 91.5 cm³/mol. The molecule has 0 aromatic heterocycles. The van der Waals surface area contributed by atoms with Crippen molar-refractivity contribution < 1.29 is 9.59 Å². The maximum atomic E-state index is 12.1. The number of rotatable bonds is 5. The Kier molecular flexibility index (Phi) is 5.29. The summed E-state index contributed by atoms with van der Waals surface area (Å²) in [4.78, 5) is 27.5. The second-order valence-corrected chi connectivity index (χ2v) is 5.73. The standard InChI is InChI=1S/C17H18N2O2S/c1-4-11-19-16(20)15(22-17(19)21)12-13-7-9-14(10-8-13)18(5-2)6-3/h1,7-10,12H,5-6,11H2,2-3H3/b15-12-. The number of carbonyl (C=O) groups excluding carboxylic acids is 2. The van der Waals surface area contributed by atoms with Crippen LogP contribution >= 0.6 is 11.8 Å². The van der Waals surface area contributed by atoms with Crippen LogP contribution in [0.15, 0.2) is 29.2 Å². The highest BCUT2D eigenvalue weighted by Gasteiger charge is 2.34. The van der Waals surface area contributed by atoms with Gasteiger partial charge in [-0.3, -0.25) is 14.5 Å². The van der Waals surface area contributed by atoms with Gasteiger partial charge in [-0.25, -0.2) is 0 Å². The van der Waals surface area contributed by atoms with Gasteiger partial charge >= 0.3 is 0 Å². The summed E-state index contributed by atoms with van der Waals surface area (Å²) in [5.74, 6) is 2.01. The van der Waals surface area contributed by atoms with Crippen LogP contribution in [-0.4, -0.2) is 35.7 Å². The highest BCUT2D eigenvalue weighted by atomic mass is 32.2. The van der Waals surface area contributed by atoms with Crippen molar-refractivity contribution in [1.29, 1.82) is 0 Å². The van der Waals surface area contributed by atoms with Crippen molar-refractivity contribution in [2.45, 2.75) is 13.8 Å². The average molecular weight is 314 g/mol. The lowest BCUT2D eigenvalue weighted by molar-refractivity contribution is -0.122. The minimum absolute atomic E-state index is 0.0168. The first-order chi connectivity index (χ1) is 10.6. The first-order valence-electron chi connectivity index (χ1n) is 7.14. The van der Waals surface area contributed by atoms with Gasteiger partial charge in [0.15, 0.2) is 0 Å². The Morgan fingerprint density at radius 2 is 1.86 bits per heavy atom. The number of nitrogens with zero attached hydrogens (tertiary/aromatic N) is 2. The van der Waals surface area contributed by atoms with Gasteiger partial charge in [0.1, 0.15) is 0 Å². The number of hydrogen-bond donors (Lipinski definition) is 0. The topological polar surface area (TPSA) is 40.6 Å². The predicted octanol–water partition coefficient (Wildman–Crippen LogP) is 3.20. The molecule has 1 aromatic carbocycles. The second kappa shape index (κ2) is 7.19. The van der Waals surface area contributed by atoms with Gasteiger partial charge in [-0.05, 0) is 49.4 Å². The van der Waals surface area contributed by atoms with Crippen LogP contribution in [0.4, 0.5) is 10.5 Å². The summed E-state index contributed by atoms with van der Waals surface area (Å²) in [6, 6.07) is 7.93. The van der Waals surface area contributed by atoms with Crippen molar-refractivity contribution in [2.75, 3.05) is 24.5 Å². The Labute approximate surface area is 135 Å². The quantitative estimate of drug-likeness (QED) is 0.618. The SMILES string of the molecule is C#CCN1C(=O)S/C(=C\c2ccc(N(CC)CC)cc2)C1=O. The third-order valence-electron chi connectivity index (χ3n) is 3.44. The fraction of sp³-hybridized carbons (Fsp3) is 0.294. The zero-order valence-corrected chi connectivity index (χ0v) is 13.5. The highest BCUT2D eigenvalue weighted by molar-refractivity contribution is 8.18. The molecule has 1 saturated heterocycles. The molecule has 1 fully saturated rings. The van der Waals surface area contributed by atoms with Crippen LogP contribution in [0, 0.1) is 12.3 Å². The van der Waals surface area contributed by atoms with Crippen LogP contribution in [0.5, 0.6) is 0 Å². The van der Waals surface area contributed by atoms with E-state index in [1.807, 2.05) is 24.3 Å². The minimum atomic E-state index is -0.319. The number of benzene rings is 1. The Balaban J connectivity index is 2.18. The van der Waals surface area contributed by atoms with Crippen molar-refractivity contribution >= 4 is 34.7 Å². The molecule has 22 heavy (non-hydrogen) atoms. The van der Waals surface area contributed by atoms with Crippen molar-refractivity contribution in [3.63, 3.8) is 0 Å². The molecular formula is C17H18N2O2S. The minimum Gasteiger partial charge on any atom is -0.372 e. The number of carbonyl (C=O) groups is 2. The zero-order valence-electron chi connectivity index (χ0n) is 12.7. The molecule has 5 heteroatoms. The molecule has 4 nitrogen and oxygen atoms in total. The monoisotopic (exact) mass is 314 g/mol. The van der Waals surface area contributed by atoms with Gasteiger partial charge in [0, 0.05) is 18.8 Å². The Morgan fingerprint density at radius 1 is 1.23 bits per heavy atom. The first kappa shape index (κ1) is 16.2. The normalized spacial score (nSPS) is 16.2. The molecule has 0 unspecified atom stereocenters. The molecule has 0 saturated carbocycles. The van der Waals surface area contributed by atoms with Crippen LogP contribution in [0.3, 0.4) is 0 Å². The lowest BCUT2D eigenvalue weighted by atomic mass is 10.1. The fourth-order valence-electron chi connectivity index (χ4n) is 2.25. The van der Waals surface area contributed by atoms with Crippen LogP contribution in [0.1, 0.15) is 19.4 Å². The van der Waals surface area contributed by atoms with Crippen LogP contribution in [0.25, 0.3) is 6.08 Å². The van der Waals surface area contributed by atoms with Gasteiger partial charge in [0.25, 0.3) is 11.1 Å². The average Bonchev–Trinajstić information content (AvgIpc) is 2.78. The smallest absolute Gasteiger partial charge is 0.294 e. The molecule has 1 heterocycles. The highest BCUT2D eigenvalue weighted by Crippen LogP contribution is 2.32. The van der Waals surface area contributed by atoms with Gasteiger partial charge in [0.2, 0.25) is 0 Å². The van der Waals surface area contributed by atoms with Gasteiger partial charge in [-0.2, -0.15) is 0 Å². The third kappa shape index (κ3) is 3.34. The lowest BCUT2D eigenvalue weighted by Crippen LogP contribution is -2.28. The van der Waals surface area contributed by atoms with E-state index in [1.165, 1.54) is 0 Å². The van der Waals surface area contributed by atoms with E-state index in [9.17, 15) is 9.59 Å². The Morgan fingerprint density at radius 3 is 2.41 bits per heavy atom. The van der Waals surface area contributed by atoms with Crippen LogP contribution in [0.2, 0.25) is 0 Å². The first-order valence-corrected chi connectivity index (χ1v) is 7.96. The molecule has 2 rings (SSSR count). The molecule has 0 aliphatic carbocycles. The van der Waals surface area contributed by atoms with Gasteiger partial charge in [0.05, 0.1) is 11.4 Å². The fourth-order valence-corrected chi connectivity index (χ4v) is 3.09. The number of imide groups is 1. The summed E-state index contributed by atoms with van der Waals surface area (Å²) in [5.41, 5.74) is 2.03. The Bertz CT molecular complexity index is 640. The van der Waals surface area contributed by atoms with Gasteiger partial charge in [-0.15, -0.1) is 6.42 Å². The van der Waals surface area contributed by atoms with Crippen molar-refractivity contribution in [3.8, 4) is 12.3 Å². The maximum Gasteiger partial charge on any atom is 0.294 e. The van der Waals surface area contributed by atoms with E-state index in [-0.39, 0.29) is 17.7 Å². The van der Waals surface area contributed by atoms with E-state index in [2.05, 4.69) is 24.7 Å². The molecule has 1 aromatic rings. The summed E-state index contributed by atoms with van der Waals surface area (Å²) in [6.45, 7) is 6.13. The molecular weight excluding hydrogens is 296 g/mol. The number of amides is 2. The lowest BCUT2D eigenvalue weighted by Gasteiger charge is -2.20. The van der Waals surface area contributed by atoms with E-state index in [0.717, 1.165) is 41.0 Å². The molecule has 0 spiro atoms. The number of anilines is 1. The number of terminal acetylenes is 1. The summed E-state index contributed by atoms with van der Waals surface area (Å²) < 4.78 is 0. The van der Waals surface area contributed by atoms with Crippen LogP contribution in [-0.2, 0) is 4.79 Å². The zero-order chi connectivity index (χ0) is 16.1. The van der Waals surface area contributed by atoms with Gasteiger partial charge < -0.3 is 4.90 Å². The number of hydrogen-bond acceptors (Lipinski definition) is 4. The van der Waals surface area contributed by atoms with Gasteiger partial charge in [-0.1, -0.05) is 18.1 Å². The summed E-state index contributed by atoms with van der Waals surface area (Å²) in [6.07, 6.45) is 6.90. The molecule has 1 aliphatic heterocycles. The van der Waals surface area contributed by atoms with E-state index in [1.54, 1.807) is 6.08 Å². The Hall–Kier alpha value is -2.19. The summed E-state index contributed by atoms with van der Waals surface area (Å²) in [7, 11) is 0. The van der Waals surface area contributed by atoms with Crippen molar-refractivity contribution in [2.24, 2.45) is 0 Å². The molecule has 114 valence electrons. The van der Waals surface area contributed by atoms with E-state index in [4.69, 9.17) is 6.42 Å². The second-order valence-electron chi connectivity index (χ2n) is 4.74. The number of thioether (sulfide) groups is 1. The van der Waals surface area contributed by atoms with Crippen molar-refractivity contribution in [3.05, 3.63) is 34.7 Å². The van der Waals surface area contributed by atoms with Crippen LogP contribution < -0.4 is 4.90 Å². The maximum absolute atomic E-state index is 12.1. The van der Waals surface area contributed by atoms with E-state index in [0.29, 0.717) is 4.91 Å². The largest absolute Gasteiger partial charge is 0.372 e. The van der Waals surface area contributed by atoms with E-state index >= 15 is 0 Å². The molecule has 1 aliphatic rings. The summed E-state index contributed by atoms with van der Waals surface area (Å²) >= 11 is 0.929. The molecule has 2 amide bonds. The molecule has 0 atom stereocenters. The van der Waals surface area contributed by atoms with Crippen molar-refractivity contribution in [1.82, 2.24) is 4.90 Å². The van der Waals surface area contributed by atoms with E-state index < -0.39 is 0 Å². The molecule has 0 N–H and O–H groups in total. The molecule has 0 radical (unpaired) electrons. The molecule has 0 bridgehead atoms.